The lowest BCUT2D eigenvalue weighted by molar-refractivity contribution is 0.0743. The van der Waals surface area contributed by atoms with E-state index in [0.717, 1.165) is 5.56 Å². The zero-order valence-electron chi connectivity index (χ0n) is 9.52. The van der Waals surface area contributed by atoms with Gasteiger partial charge < -0.3 is 14.9 Å². The molecule has 0 aliphatic heterocycles. The van der Waals surface area contributed by atoms with E-state index in [1.807, 2.05) is 12.1 Å². The molecule has 0 amide bonds. The van der Waals surface area contributed by atoms with Gasteiger partial charge in [0.15, 0.2) is 0 Å². The van der Waals surface area contributed by atoms with Gasteiger partial charge >= 0.3 is 0 Å². The smallest absolute Gasteiger partial charge is 0.119 e. The molecule has 0 aliphatic rings. The maximum absolute atomic E-state index is 9.49. The number of hydrogen-bond donors (Lipinski definition) is 2. The summed E-state index contributed by atoms with van der Waals surface area (Å²) in [6.07, 6.45) is -0.708. The van der Waals surface area contributed by atoms with Crippen LogP contribution in [0, 0.1) is 0 Å². The second-order valence-corrected chi connectivity index (χ2v) is 3.58. The molecule has 1 aromatic rings. The molecule has 6 nitrogen and oxygen atoms in total. The summed E-state index contributed by atoms with van der Waals surface area (Å²) in [6.45, 7) is -0.437. The Morgan fingerprint density at radius 2 is 2.29 bits per heavy atom. The quantitative estimate of drug-likeness (QED) is 0.442. The van der Waals surface area contributed by atoms with E-state index in [1.165, 1.54) is 0 Å². The van der Waals surface area contributed by atoms with E-state index in [-0.39, 0.29) is 0 Å². The average molecular weight is 237 g/mol. The normalized spacial score (nSPS) is 13.6. The van der Waals surface area contributed by atoms with E-state index in [9.17, 15) is 5.11 Å². The first-order valence-electron chi connectivity index (χ1n) is 5.17. The highest BCUT2D eigenvalue weighted by molar-refractivity contribution is 5.29. The van der Waals surface area contributed by atoms with Crippen LogP contribution in [0.5, 0.6) is 5.75 Å². The third-order valence-corrected chi connectivity index (χ3v) is 2.41. The second-order valence-electron chi connectivity index (χ2n) is 3.58. The minimum atomic E-state index is -1.06. The maximum Gasteiger partial charge on any atom is 0.119 e. The van der Waals surface area contributed by atoms with Gasteiger partial charge in [-0.2, -0.15) is 0 Å². The van der Waals surface area contributed by atoms with Gasteiger partial charge in [0.05, 0.1) is 25.9 Å². The zero-order valence-corrected chi connectivity index (χ0v) is 9.52. The van der Waals surface area contributed by atoms with Crippen molar-refractivity contribution in [2.75, 3.05) is 13.7 Å². The summed E-state index contributed by atoms with van der Waals surface area (Å²) in [5.41, 5.74) is 9.27. The van der Waals surface area contributed by atoms with Crippen LogP contribution in [0.15, 0.2) is 29.4 Å². The van der Waals surface area contributed by atoms with Gasteiger partial charge in [0.2, 0.25) is 0 Å². The van der Waals surface area contributed by atoms with Crippen LogP contribution in [-0.4, -0.2) is 36.1 Å². The lowest BCUT2D eigenvalue weighted by atomic mass is 10.0. The van der Waals surface area contributed by atoms with Crippen molar-refractivity contribution in [1.82, 2.24) is 0 Å². The SMILES string of the molecule is COc1cccc(C[C@H](N=[N+]=[N-])[C@H](O)CO)c1. The van der Waals surface area contributed by atoms with Crippen molar-refractivity contribution in [3.63, 3.8) is 0 Å². The third kappa shape index (κ3) is 3.96. The molecular formula is C11H15N3O3. The first kappa shape index (κ1) is 13.3. The van der Waals surface area contributed by atoms with E-state index >= 15 is 0 Å². The van der Waals surface area contributed by atoms with Crippen LogP contribution in [0.3, 0.4) is 0 Å². The summed E-state index contributed by atoms with van der Waals surface area (Å²) in [4.78, 5) is 2.67. The Labute approximate surface area is 99.1 Å². The summed E-state index contributed by atoms with van der Waals surface area (Å²) in [5, 5.41) is 21.8. The van der Waals surface area contributed by atoms with Crippen LogP contribution >= 0.6 is 0 Å². The van der Waals surface area contributed by atoms with Gasteiger partial charge in [-0.1, -0.05) is 17.2 Å². The lowest BCUT2D eigenvalue weighted by Crippen LogP contribution is -2.29. The molecular weight excluding hydrogens is 222 g/mol. The molecule has 0 heterocycles. The molecule has 0 aliphatic carbocycles. The highest BCUT2D eigenvalue weighted by Crippen LogP contribution is 2.16. The van der Waals surface area contributed by atoms with Crippen LogP contribution in [0.2, 0.25) is 0 Å². The van der Waals surface area contributed by atoms with Crippen LogP contribution in [0.1, 0.15) is 5.56 Å². The Hall–Kier alpha value is -1.75. The summed E-state index contributed by atoms with van der Waals surface area (Å²) in [6, 6.07) is 6.56. The van der Waals surface area contributed by atoms with Gasteiger partial charge in [0.25, 0.3) is 0 Å². The molecule has 6 heteroatoms. The third-order valence-electron chi connectivity index (χ3n) is 2.41. The average Bonchev–Trinajstić information content (AvgIpc) is 2.37. The molecule has 17 heavy (non-hydrogen) atoms. The number of azide groups is 1. The predicted octanol–water partition coefficient (Wildman–Crippen LogP) is 1.27. The number of rotatable bonds is 6. The number of benzene rings is 1. The fraction of sp³-hybridized carbons (Fsp3) is 0.455. The van der Waals surface area contributed by atoms with Crippen LogP contribution in [-0.2, 0) is 6.42 Å². The molecule has 92 valence electrons. The highest BCUT2D eigenvalue weighted by Gasteiger charge is 2.17. The molecule has 0 aromatic heterocycles. The summed E-state index contributed by atoms with van der Waals surface area (Å²) in [7, 11) is 1.56. The van der Waals surface area contributed by atoms with E-state index in [2.05, 4.69) is 10.0 Å². The van der Waals surface area contributed by atoms with Crippen molar-refractivity contribution in [2.45, 2.75) is 18.6 Å². The highest BCUT2D eigenvalue weighted by atomic mass is 16.5. The molecule has 2 N–H and O–H groups in total. The number of nitrogens with zero attached hydrogens (tertiary/aromatic N) is 3. The molecule has 1 aromatic carbocycles. The van der Waals surface area contributed by atoms with Crippen molar-refractivity contribution in [2.24, 2.45) is 5.11 Å². The summed E-state index contributed by atoms with van der Waals surface area (Å²) < 4.78 is 5.07. The zero-order chi connectivity index (χ0) is 12.7. The lowest BCUT2D eigenvalue weighted by Gasteiger charge is -2.16. The first-order chi connectivity index (χ1) is 8.21. The van der Waals surface area contributed by atoms with Gasteiger partial charge in [0.1, 0.15) is 5.75 Å². The summed E-state index contributed by atoms with van der Waals surface area (Å²) in [5.74, 6) is 0.695. The van der Waals surface area contributed by atoms with Crippen molar-refractivity contribution in [3.05, 3.63) is 40.3 Å². The molecule has 0 spiro atoms. The van der Waals surface area contributed by atoms with Gasteiger partial charge in [-0.3, -0.25) is 0 Å². The summed E-state index contributed by atoms with van der Waals surface area (Å²) >= 11 is 0. The van der Waals surface area contributed by atoms with Crippen LogP contribution < -0.4 is 4.74 Å². The maximum atomic E-state index is 9.49. The van der Waals surface area contributed by atoms with E-state index in [0.29, 0.717) is 12.2 Å². The number of methoxy groups -OCH3 is 1. The standard InChI is InChI=1S/C11H15N3O3/c1-17-9-4-2-3-8(5-9)6-10(13-14-12)11(16)7-15/h2-5,10-11,15-16H,6-7H2,1H3/t10-,11+/m0/s1. The van der Waals surface area contributed by atoms with Gasteiger partial charge in [0, 0.05) is 4.91 Å². The molecule has 0 fully saturated rings. The molecule has 0 radical (unpaired) electrons. The number of hydrogen-bond acceptors (Lipinski definition) is 4. The molecule has 2 atom stereocenters. The largest absolute Gasteiger partial charge is 0.497 e. The van der Waals surface area contributed by atoms with Crippen molar-refractivity contribution < 1.29 is 14.9 Å². The number of ether oxygens (including phenoxy) is 1. The first-order valence-corrected chi connectivity index (χ1v) is 5.17. The minimum Gasteiger partial charge on any atom is -0.497 e. The van der Waals surface area contributed by atoms with Gasteiger partial charge in [-0.05, 0) is 29.6 Å². The monoisotopic (exact) mass is 237 g/mol. The fourth-order valence-corrected chi connectivity index (χ4v) is 1.48. The Bertz CT molecular complexity index is 405. The molecule has 0 unspecified atom stereocenters. The molecule has 0 saturated heterocycles. The topological polar surface area (TPSA) is 98.5 Å². The number of aliphatic hydroxyl groups excluding tert-OH is 2. The van der Waals surface area contributed by atoms with Crippen LogP contribution in [0.4, 0.5) is 0 Å². The van der Waals surface area contributed by atoms with Crippen molar-refractivity contribution in [1.29, 1.82) is 0 Å². The molecule has 0 saturated carbocycles. The van der Waals surface area contributed by atoms with Gasteiger partial charge in [-0.15, -0.1) is 0 Å². The van der Waals surface area contributed by atoms with Crippen LogP contribution in [0.25, 0.3) is 10.4 Å². The van der Waals surface area contributed by atoms with Crippen molar-refractivity contribution in [3.8, 4) is 5.75 Å². The second kappa shape index (κ2) is 6.75. The van der Waals surface area contributed by atoms with Gasteiger partial charge in [-0.25, -0.2) is 0 Å². The Morgan fingerprint density at radius 3 is 2.88 bits per heavy atom. The van der Waals surface area contributed by atoms with E-state index < -0.39 is 18.8 Å². The Balaban J connectivity index is 2.81. The number of aliphatic hydroxyl groups is 2. The van der Waals surface area contributed by atoms with Crippen molar-refractivity contribution >= 4 is 0 Å². The predicted molar refractivity (Wildman–Crippen MR) is 62.7 cm³/mol. The molecule has 1 rings (SSSR count). The molecule has 0 bridgehead atoms. The Kier molecular flexibility index (Phi) is 5.29. The van der Waals surface area contributed by atoms with E-state index in [4.69, 9.17) is 15.4 Å². The van der Waals surface area contributed by atoms with E-state index in [1.54, 1.807) is 19.2 Å². The Morgan fingerprint density at radius 1 is 1.53 bits per heavy atom. The fourth-order valence-electron chi connectivity index (χ4n) is 1.48. The minimum absolute atomic E-state index is 0.350.